The molecular weight excluding hydrogens is 386 g/mol. The van der Waals surface area contributed by atoms with E-state index in [0.29, 0.717) is 37.8 Å². The molecule has 0 saturated carbocycles. The topological polar surface area (TPSA) is 71.5 Å². The summed E-state index contributed by atoms with van der Waals surface area (Å²) in [5.41, 5.74) is 1.54. The Labute approximate surface area is 174 Å². The molecule has 0 spiro atoms. The molecule has 7 nitrogen and oxygen atoms in total. The fourth-order valence-corrected chi connectivity index (χ4v) is 3.99. The van der Waals surface area contributed by atoms with Crippen molar-refractivity contribution in [3.05, 3.63) is 53.8 Å². The molecule has 1 fully saturated rings. The second-order valence-corrected chi connectivity index (χ2v) is 7.92. The van der Waals surface area contributed by atoms with Gasteiger partial charge in [-0.15, -0.1) is 11.3 Å². The van der Waals surface area contributed by atoms with Gasteiger partial charge in [0.1, 0.15) is 22.8 Å². The number of ether oxygens (including phenoxy) is 1. The Hall–Kier alpha value is -3.00. The molecule has 4 rings (SSSR count). The third-order valence-corrected chi connectivity index (χ3v) is 5.51. The molecule has 0 unspecified atom stereocenters. The molecule has 1 aliphatic heterocycles. The molecule has 0 aliphatic carbocycles. The summed E-state index contributed by atoms with van der Waals surface area (Å²) in [5.74, 6) is 1.37. The fourth-order valence-electron chi connectivity index (χ4n) is 3.19. The summed E-state index contributed by atoms with van der Waals surface area (Å²) in [6.45, 7) is 6.60. The van der Waals surface area contributed by atoms with Crippen LogP contribution in [0.25, 0.3) is 10.6 Å². The average Bonchev–Trinajstić information content (AvgIpc) is 3.24. The minimum atomic E-state index is -0.0189. The molecule has 0 atom stereocenters. The summed E-state index contributed by atoms with van der Waals surface area (Å²) >= 11 is 1.50. The van der Waals surface area contributed by atoms with E-state index in [1.54, 1.807) is 0 Å². The van der Waals surface area contributed by atoms with Gasteiger partial charge in [-0.3, -0.25) is 4.79 Å². The van der Waals surface area contributed by atoms with Crippen molar-refractivity contribution >= 4 is 23.1 Å². The summed E-state index contributed by atoms with van der Waals surface area (Å²) in [6, 6.07) is 11.8. The fraction of sp³-hybridized carbons (Fsp3) is 0.333. The summed E-state index contributed by atoms with van der Waals surface area (Å²) in [5, 5.41) is 2.71. The van der Waals surface area contributed by atoms with Crippen molar-refractivity contribution in [3.8, 4) is 16.5 Å². The smallest absolute Gasteiger partial charge is 0.273 e. The third-order valence-electron chi connectivity index (χ3n) is 4.62. The van der Waals surface area contributed by atoms with Crippen LogP contribution >= 0.6 is 11.3 Å². The van der Waals surface area contributed by atoms with Gasteiger partial charge in [0.05, 0.1) is 6.10 Å². The van der Waals surface area contributed by atoms with Crippen LogP contribution in [0.5, 0.6) is 5.88 Å². The van der Waals surface area contributed by atoms with Gasteiger partial charge in [-0.25, -0.2) is 15.0 Å². The van der Waals surface area contributed by atoms with Crippen molar-refractivity contribution in [2.75, 3.05) is 31.1 Å². The van der Waals surface area contributed by atoms with Gasteiger partial charge in [0, 0.05) is 43.2 Å². The maximum absolute atomic E-state index is 12.9. The van der Waals surface area contributed by atoms with Gasteiger partial charge in [-0.2, -0.15) is 0 Å². The lowest BCUT2D eigenvalue weighted by molar-refractivity contribution is 0.0741. The molecule has 1 aliphatic rings. The van der Waals surface area contributed by atoms with Crippen molar-refractivity contribution in [1.29, 1.82) is 0 Å². The predicted octanol–water partition coefficient (Wildman–Crippen LogP) is 3.35. The first kappa shape index (κ1) is 19.3. The van der Waals surface area contributed by atoms with Crippen LogP contribution in [0, 0.1) is 0 Å². The van der Waals surface area contributed by atoms with E-state index in [9.17, 15) is 4.79 Å². The van der Waals surface area contributed by atoms with Gasteiger partial charge in [0.2, 0.25) is 5.88 Å². The van der Waals surface area contributed by atoms with Gasteiger partial charge < -0.3 is 14.5 Å². The molecule has 0 radical (unpaired) electrons. The molecule has 2 aromatic heterocycles. The molecule has 1 saturated heterocycles. The number of hydrogen-bond donors (Lipinski definition) is 0. The zero-order valence-electron chi connectivity index (χ0n) is 16.5. The van der Waals surface area contributed by atoms with Crippen LogP contribution in [0.4, 0.5) is 5.82 Å². The Kier molecular flexibility index (Phi) is 5.71. The zero-order chi connectivity index (χ0) is 20.2. The highest BCUT2D eigenvalue weighted by Crippen LogP contribution is 2.24. The number of benzene rings is 1. The lowest BCUT2D eigenvalue weighted by Crippen LogP contribution is -2.49. The van der Waals surface area contributed by atoms with Gasteiger partial charge >= 0.3 is 0 Å². The first-order chi connectivity index (χ1) is 14.1. The number of aromatic nitrogens is 3. The van der Waals surface area contributed by atoms with Crippen molar-refractivity contribution in [1.82, 2.24) is 19.9 Å². The van der Waals surface area contributed by atoms with Gasteiger partial charge in [-0.1, -0.05) is 30.3 Å². The molecule has 8 heteroatoms. The van der Waals surface area contributed by atoms with Crippen LogP contribution in [-0.2, 0) is 0 Å². The van der Waals surface area contributed by atoms with Crippen molar-refractivity contribution in [2.24, 2.45) is 0 Å². The maximum Gasteiger partial charge on any atom is 0.273 e. The SMILES string of the molecule is CC(C)Oc1cc(N2CCN(C(=O)c3csc(-c4ccccc4)n3)CC2)ncn1. The molecule has 3 aromatic rings. The quantitative estimate of drug-likeness (QED) is 0.644. The van der Waals surface area contributed by atoms with Crippen molar-refractivity contribution in [2.45, 2.75) is 20.0 Å². The number of hydrogen-bond acceptors (Lipinski definition) is 7. The highest BCUT2D eigenvalue weighted by Gasteiger charge is 2.25. The van der Waals surface area contributed by atoms with Crippen molar-refractivity contribution < 1.29 is 9.53 Å². The molecule has 150 valence electrons. The molecule has 0 bridgehead atoms. The first-order valence-corrected chi connectivity index (χ1v) is 10.5. The summed E-state index contributed by atoms with van der Waals surface area (Å²) in [7, 11) is 0. The van der Waals surface area contributed by atoms with E-state index in [0.717, 1.165) is 16.4 Å². The minimum absolute atomic E-state index is 0.0189. The minimum Gasteiger partial charge on any atom is -0.475 e. The predicted molar refractivity (Wildman–Crippen MR) is 113 cm³/mol. The summed E-state index contributed by atoms with van der Waals surface area (Å²) < 4.78 is 5.65. The summed E-state index contributed by atoms with van der Waals surface area (Å²) in [6.07, 6.45) is 1.58. The Morgan fingerprint density at radius 1 is 1.10 bits per heavy atom. The maximum atomic E-state index is 12.9. The van der Waals surface area contributed by atoms with E-state index in [-0.39, 0.29) is 12.0 Å². The number of rotatable bonds is 5. The lowest BCUT2D eigenvalue weighted by Gasteiger charge is -2.35. The number of amides is 1. The van der Waals surface area contributed by atoms with Gasteiger partial charge in [0.15, 0.2) is 0 Å². The van der Waals surface area contributed by atoms with Crippen LogP contribution in [-0.4, -0.2) is 58.0 Å². The second-order valence-electron chi connectivity index (χ2n) is 7.06. The van der Waals surface area contributed by atoms with E-state index < -0.39 is 0 Å². The Morgan fingerprint density at radius 2 is 1.86 bits per heavy atom. The van der Waals surface area contributed by atoms with E-state index in [2.05, 4.69) is 19.9 Å². The number of nitrogens with zero attached hydrogens (tertiary/aromatic N) is 5. The Balaban J connectivity index is 1.38. The number of piperazine rings is 1. The second kappa shape index (κ2) is 8.57. The van der Waals surface area contributed by atoms with Gasteiger partial charge in [-0.05, 0) is 13.8 Å². The lowest BCUT2D eigenvalue weighted by atomic mass is 10.2. The van der Waals surface area contributed by atoms with Crippen LogP contribution in [0.1, 0.15) is 24.3 Å². The van der Waals surface area contributed by atoms with E-state index in [1.807, 2.05) is 60.5 Å². The monoisotopic (exact) mass is 409 g/mol. The van der Waals surface area contributed by atoms with E-state index >= 15 is 0 Å². The Bertz CT molecular complexity index is 968. The molecule has 0 N–H and O–H groups in total. The zero-order valence-corrected chi connectivity index (χ0v) is 17.3. The Morgan fingerprint density at radius 3 is 2.59 bits per heavy atom. The standard InChI is InChI=1S/C21H23N5O2S/c1-15(2)28-19-12-18(22-14-23-19)25-8-10-26(11-9-25)21(27)17-13-29-20(24-17)16-6-4-3-5-7-16/h3-7,12-15H,8-11H2,1-2H3. The number of thiazole rings is 1. The molecule has 1 aromatic carbocycles. The molecular formula is C21H23N5O2S. The first-order valence-electron chi connectivity index (χ1n) is 9.64. The average molecular weight is 410 g/mol. The molecule has 1 amide bonds. The van der Waals surface area contributed by atoms with Crippen LogP contribution < -0.4 is 9.64 Å². The van der Waals surface area contributed by atoms with Gasteiger partial charge in [0.25, 0.3) is 5.91 Å². The largest absolute Gasteiger partial charge is 0.475 e. The van der Waals surface area contributed by atoms with Crippen molar-refractivity contribution in [3.63, 3.8) is 0 Å². The van der Waals surface area contributed by atoms with Crippen LogP contribution in [0.3, 0.4) is 0 Å². The highest BCUT2D eigenvalue weighted by atomic mass is 32.1. The number of carbonyl (C=O) groups excluding carboxylic acids is 1. The molecule has 3 heterocycles. The normalized spacial score (nSPS) is 14.3. The third kappa shape index (κ3) is 4.54. The van der Waals surface area contributed by atoms with E-state index in [4.69, 9.17) is 4.74 Å². The summed E-state index contributed by atoms with van der Waals surface area (Å²) in [4.78, 5) is 29.9. The number of carbonyl (C=O) groups is 1. The number of anilines is 1. The highest BCUT2D eigenvalue weighted by molar-refractivity contribution is 7.13. The molecule has 29 heavy (non-hydrogen) atoms. The van der Waals surface area contributed by atoms with E-state index in [1.165, 1.54) is 17.7 Å². The van der Waals surface area contributed by atoms with Crippen LogP contribution in [0.2, 0.25) is 0 Å². The van der Waals surface area contributed by atoms with Crippen LogP contribution in [0.15, 0.2) is 48.1 Å².